The van der Waals surface area contributed by atoms with Gasteiger partial charge < -0.3 is 20.5 Å². The van der Waals surface area contributed by atoms with E-state index in [9.17, 15) is 18.3 Å². The third kappa shape index (κ3) is 5.43. The Hall–Kier alpha value is -2.46. The number of aromatic nitrogens is 2. The predicted octanol–water partition coefficient (Wildman–Crippen LogP) is 1.34. The van der Waals surface area contributed by atoms with Crippen LogP contribution in [0.25, 0.3) is 10.9 Å². The number of aliphatic hydroxyl groups excluding tert-OH is 1. The number of benzene rings is 1. The van der Waals surface area contributed by atoms with Crippen molar-refractivity contribution in [2.75, 3.05) is 23.4 Å². The lowest BCUT2D eigenvalue weighted by atomic mass is 9.93. The minimum Gasteiger partial charge on any atom is -0.481 e. The van der Waals surface area contributed by atoms with Crippen molar-refractivity contribution < 1.29 is 23.1 Å². The summed E-state index contributed by atoms with van der Waals surface area (Å²) in [5.74, 6) is 0.730. The molecule has 0 bridgehead atoms. The molecule has 1 amide bonds. The van der Waals surface area contributed by atoms with E-state index in [2.05, 4.69) is 20.6 Å². The molecule has 1 saturated heterocycles. The quantitative estimate of drug-likeness (QED) is 0.603. The van der Waals surface area contributed by atoms with Gasteiger partial charge in [-0.25, -0.2) is 18.4 Å². The van der Waals surface area contributed by atoms with Crippen LogP contribution in [0.2, 0.25) is 0 Å². The van der Waals surface area contributed by atoms with Gasteiger partial charge in [-0.3, -0.25) is 4.79 Å². The molecule has 2 aliphatic rings. The van der Waals surface area contributed by atoms with Crippen LogP contribution in [0.5, 0.6) is 5.75 Å². The van der Waals surface area contributed by atoms with Crippen molar-refractivity contribution in [1.29, 1.82) is 0 Å². The van der Waals surface area contributed by atoms with Crippen LogP contribution >= 0.6 is 0 Å². The second-order valence-electron chi connectivity index (χ2n) is 8.45. The number of carbonyl (C=O) groups excluding carboxylic acids is 1. The van der Waals surface area contributed by atoms with E-state index in [1.54, 1.807) is 6.20 Å². The number of ether oxygens (including phenoxy) is 1. The molecule has 31 heavy (non-hydrogen) atoms. The van der Waals surface area contributed by atoms with Crippen molar-refractivity contribution in [2.45, 2.75) is 57.2 Å². The second kappa shape index (κ2) is 8.96. The molecular weight excluding hydrogens is 420 g/mol. The van der Waals surface area contributed by atoms with Crippen LogP contribution in [0.15, 0.2) is 18.3 Å². The molecule has 2 fully saturated rings. The molecule has 168 valence electrons. The van der Waals surface area contributed by atoms with Crippen LogP contribution in [-0.2, 0) is 14.6 Å². The van der Waals surface area contributed by atoms with Crippen molar-refractivity contribution in [1.82, 2.24) is 15.3 Å². The van der Waals surface area contributed by atoms with Crippen LogP contribution in [0, 0.1) is 6.92 Å². The number of anilines is 1. The van der Waals surface area contributed by atoms with E-state index in [0.717, 1.165) is 36.6 Å². The molecule has 1 aromatic carbocycles. The largest absolute Gasteiger partial charge is 0.481 e. The Bertz CT molecular complexity index is 1070. The van der Waals surface area contributed by atoms with Crippen molar-refractivity contribution in [3.05, 3.63) is 23.9 Å². The lowest BCUT2D eigenvalue weighted by Crippen LogP contribution is -2.38. The summed E-state index contributed by atoms with van der Waals surface area (Å²) < 4.78 is 29.0. The highest BCUT2D eigenvalue weighted by Gasteiger charge is 2.29. The normalized spacial score (nSPS) is 25.3. The van der Waals surface area contributed by atoms with Gasteiger partial charge in [-0.2, -0.15) is 0 Å². The van der Waals surface area contributed by atoms with Crippen LogP contribution in [0.1, 0.15) is 37.7 Å². The first kappa shape index (κ1) is 21.8. The monoisotopic (exact) mass is 448 g/mol. The van der Waals surface area contributed by atoms with Gasteiger partial charge in [0.2, 0.25) is 5.95 Å². The average Bonchev–Trinajstić information content (AvgIpc) is 3.07. The van der Waals surface area contributed by atoms with Gasteiger partial charge in [-0.05, 0) is 44.6 Å². The predicted molar refractivity (Wildman–Crippen MR) is 117 cm³/mol. The highest BCUT2D eigenvalue weighted by Crippen LogP contribution is 2.29. The number of nitrogens with one attached hydrogen (secondary N) is 2. The summed E-state index contributed by atoms with van der Waals surface area (Å²) in [6.45, 7) is 1.66. The molecule has 2 aromatic rings. The zero-order chi connectivity index (χ0) is 22.0. The minimum atomic E-state index is -3.06. The highest BCUT2D eigenvalue weighted by atomic mass is 32.2. The number of rotatable bonds is 6. The molecule has 2 heterocycles. The Morgan fingerprint density at radius 2 is 1.97 bits per heavy atom. The molecule has 1 aromatic heterocycles. The molecule has 4 rings (SSSR count). The maximum Gasteiger partial charge on any atom is 0.258 e. The van der Waals surface area contributed by atoms with Gasteiger partial charge in [0.15, 0.2) is 16.4 Å². The van der Waals surface area contributed by atoms with Gasteiger partial charge >= 0.3 is 0 Å². The van der Waals surface area contributed by atoms with E-state index in [1.807, 2.05) is 19.1 Å². The van der Waals surface area contributed by atoms with Crippen molar-refractivity contribution in [2.24, 2.45) is 0 Å². The van der Waals surface area contributed by atoms with Gasteiger partial charge in [0.1, 0.15) is 11.3 Å². The Labute approximate surface area is 181 Å². The summed E-state index contributed by atoms with van der Waals surface area (Å²) in [7, 11) is -3.06. The van der Waals surface area contributed by atoms with Crippen molar-refractivity contribution >= 4 is 32.6 Å². The number of hydrogen-bond acceptors (Lipinski definition) is 8. The molecule has 0 radical (unpaired) electrons. The number of amides is 1. The van der Waals surface area contributed by atoms with Crippen molar-refractivity contribution in [3.8, 4) is 5.75 Å². The van der Waals surface area contributed by atoms with Crippen LogP contribution in [-0.4, -0.2) is 65.7 Å². The topological polar surface area (TPSA) is 131 Å². The number of hydrogen-bond donors (Lipinski definition) is 3. The lowest BCUT2D eigenvalue weighted by Gasteiger charge is -2.26. The maximum absolute atomic E-state index is 12.3. The zero-order valence-corrected chi connectivity index (χ0v) is 18.3. The Morgan fingerprint density at radius 1 is 1.19 bits per heavy atom. The first-order valence-electron chi connectivity index (χ1n) is 10.6. The first-order chi connectivity index (χ1) is 14.8. The number of carbonyl (C=O) groups is 1. The van der Waals surface area contributed by atoms with E-state index >= 15 is 0 Å². The number of fused-ring (bicyclic) bond motifs is 1. The van der Waals surface area contributed by atoms with Gasteiger partial charge in [0.25, 0.3) is 5.91 Å². The minimum absolute atomic E-state index is 0.0213. The number of nitrogens with zero attached hydrogens (tertiary/aromatic N) is 2. The van der Waals surface area contributed by atoms with Crippen molar-refractivity contribution in [3.63, 3.8) is 0 Å². The number of sulfone groups is 1. The lowest BCUT2D eigenvalue weighted by molar-refractivity contribution is -0.123. The summed E-state index contributed by atoms with van der Waals surface area (Å²) in [5, 5.41) is 16.5. The van der Waals surface area contributed by atoms with Gasteiger partial charge in [-0.1, -0.05) is 12.1 Å². The van der Waals surface area contributed by atoms with E-state index in [1.165, 1.54) is 0 Å². The maximum atomic E-state index is 12.3. The van der Waals surface area contributed by atoms with E-state index in [4.69, 9.17) is 4.74 Å². The third-order valence-corrected chi connectivity index (χ3v) is 7.65. The van der Waals surface area contributed by atoms with Gasteiger partial charge in [-0.15, -0.1) is 0 Å². The average molecular weight is 449 g/mol. The standard InChI is InChI=1S/C21H28N4O5S/c1-13-2-3-14-10-22-21(24-15-4-6-17(26)7-5-15)25-19(14)20(13)30-11-18(27)23-16-8-9-31(28,29)12-16/h2-3,10,15-17,26H,4-9,11-12H2,1H3,(H,23,27)(H,22,24,25). The fourth-order valence-corrected chi connectivity index (χ4v) is 5.82. The van der Waals surface area contributed by atoms with E-state index < -0.39 is 9.84 Å². The number of aryl methyl sites for hydroxylation is 1. The van der Waals surface area contributed by atoms with Gasteiger partial charge in [0.05, 0.1) is 17.6 Å². The molecule has 0 spiro atoms. The van der Waals surface area contributed by atoms with Crippen LogP contribution in [0.4, 0.5) is 5.95 Å². The van der Waals surface area contributed by atoms with Gasteiger partial charge in [0, 0.05) is 23.7 Å². The Kier molecular flexibility index (Phi) is 6.29. The SMILES string of the molecule is Cc1ccc2cnc(NC3CCC(O)CC3)nc2c1OCC(=O)NC1CCS(=O)(=O)C1. The summed E-state index contributed by atoms with van der Waals surface area (Å²) in [6, 6.07) is 3.64. The molecular formula is C21H28N4O5S. The molecule has 1 aliphatic carbocycles. The van der Waals surface area contributed by atoms with Crippen LogP contribution in [0.3, 0.4) is 0 Å². The second-order valence-corrected chi connectivity index (χ2v) is 10.7. The van der Waals surface area contributed by atoms with E-state index in [-0.39, 0.29) is 42.2 Å². The fraction of sp³-hybridized carbons (Fsp3) is 0.571. The van der Waals surface area contributed by atoms with E-state index in [0.29, 0.717) is 23.6 Å². The molecule has 1 aliphatic heterocycles. The Morgan fingerprint density at radius 3 is 2.68 bits per heavy atom. The van der Waals surface area contributed by atoms with Crippen LogP contribution < -0.4 is 15.4 Å². The highest BCUT2D eigenvalue weighted by molar-refractivity contribution is 7.91. The molecule has 1 atom stereocenters. The molecule has 10 heteroatoms. The first-order valence-corrected chi connectivity index (χ1v) is 12.4. The Balaban J connectivity index is 1.45. The molecule has 3 N–H and O–H groups in total. The number of aliphatic hydroxyl groups is 1. The molecule has 9 nitrogen and oxygen atoms in total. The fourth-order valence-electron chi connectivity index (χ4n) is 4.14. The summed E-state index contributed by atoms with van der Waals surface area (Å²) in [6.07, 6.45) is 5.16. The third-order valence-electron chi connectivity index (χ3n) is 5.88. The summed E-state index contributed by atoms with van der Waals surface area (Å²) in [5.41, 5.74) is 1.46. The zero-order valence-electron chi connectivity index (χ0n) is 17.5. The summed E-state index contributed by atoms with van der Waals surface area (Å²) in [4.78, 5) is 21.3. The smallest absolute Gasteiger partial charge is 0.258 e. The molecule has 1 unspecified atom stereocenters. The summed E-state index contributed by atoms with van der Waals surface area (Å²) >= 11 is 0. The molecule has 1 saturated carbocycles.